The Hall–Kier alpha value is -2.20. The molecule has 0 spiro atoms. The van der Waals surface area contributed by atoms with E-state index in [4.69, 9.17) is 0 Å². The van der Waals surface area contributed by atoms with Crippen LogP contribution < -0.4 is 0 Å². The van der Waals surface area contributed by atoms with Crippen molar-refractivity contribution in [1.29, 1.82) is 0 Å². The SMILES string of the molecule is Cc1cccc(CN2CCC(c3cccc4nccn34)CC2)n1. The van der Waals surface area contributed by atoms with Gasteiger partial charge in [0.2, 0.25) is 0 Å². The largest absolute Gasteiger partial charge is 0.304 e. The van der Waals surface area contributed by atoms with Gasteiger partial charge in [-0.2, -0.15) is 0 Å². The summed E-state index contributed by atoms with van der Waals surface area (Å²) in [5, 5.41) is 0. The number of piperidine rings is 1. The Balaban J connectivity index is 1.44. The molecule has 4 heteroatoms. The number of imidazole rings is 1. The molecule has 1 aliphatic rings. The van der Waals surface area contributed by atoms with Crippen molar-refractivity contribution in [3.8, 4) is 0 Å². The van der Waals surface area contributed by atoms with Crippen LogP contribution in [0.25, 0.3) is 5.65 Å². The molecule has 118 valence electrons. The minimum Gasteiger partial charge on any atom is -0.304 e. The highest BCUT2D eigenvalue weighted by molar-refractivity contribution is 5.40. The minimum atomic E-state index is 0.620. The van der Waals surface area contributed by atoms with Crippen molar-refractivity contribution in [3.63, 3.8) is 0 Å². The zero-order chi connectivity index (χ0) is 15.6. The third kappa shape index (κ3) is 2.99. The van der Waals surface area contributed by atoms with Gasteiger partial charge in [-0.1, -0.05) is 12.1 Å². The Labute approximate surface area is 136 Å². The Kier molecular flexibility index (Phi) is 3.83. The molecule has 0 bridgehead atoms. The summed E-state index contributed by atoms with van der Waals surface area (Å²) in [6.45, 7) is 5.28. The van der Waals surface area contributed by atoms with Gasteiger partial charge in [0, 0.05) is 36.2 Å². The lowest BCUT2D eigenvalue weighted by Crippen LogP contribution is -2.33. The summed E-state index contributed by atoms with van der Waals surface area (Å²) in [7, 11) is 0. The third-order valence-corrected chi connectivity index (χ3v) is 4.80. The van der Waals surface area contributed by atoms with Crippen LogP contribution in [0.5, 0.6) is 0 Å². The fourth-order valence-corrected chi connectivity index (χ4v) is 3.61. The summed E-state index contributed by atoms with van der Waals surface area (Å²) >= 11 is 0. The molecule has 0 aromatic carbocycles. The first-order valence-corrected chi connectivity index (χ1v) is 8.36. The highest BCUT2D eigenvalue weighted by Gasteiger charge is 2.22. The second-order valence-electron chi connectivity index (χ2n) is 6.43. The van der Waals surface area contributed by atoms with E-state index in [9.17, 15) is 0 Å². The Morgan fingerprint density at radius 1 is 1.09 bits per heavy atom. The maximum atomic E-state index is 4.62. The zero-order valence-electron chi connectivity index (χ0n) is 13.5. The molecule has 0 amide bonds. The van der Waals surface area contributed by atoms with Crippen molar-refractivity contribution in [2.24, 2.45) is 0 Å². The Morgan fingerprint density at radius 3 is 2.74 bits per heavy atom. The topological polar surface area (TPSA) is 33.4 Å². The molecule has 4 rings (SSSR count). The number of aryl methyl sites for hydroxylation is 1. The van der Waals surface area contributed by atoms with Crippen LogP contribution in [-0.2, 0) is 6.54 Å². The van der Waals surface area contributed by atoms with E-state index in [1.165, 1.54) is 24.2 Å². The smallest absolute Gasteiger partial charge is 0.136 e. The van der Waals surface area contributed by atoms with Crippen molar-refractivity contribution in [1.82, 2.24) is 19.3 Å². The minimum absolute atomic E-state index is 0.620. The molecule has 1 aliphatic heterocycles. The third-order valence-electron chi connectivity index (χ3n) is 4.80. The van der Waals surface area contributed by atoms with Gasteiger partial charge in [0.25, 0.3) is 0 Å². The quantitative estimate of drug-likeness (QED) is 0.743. The van der Waals surface area contributed by atoms with Crippen molar-refractivity contribution >= 4 is 5.65 Å². The summed E-state index contributed by atoms with van der Waals surface area (Å²) in [5.41, 5.74) is 4.73. The van der Waals surface area contributed by atoms with Gasteiger partial charge in [-0.3, -0.25) is 9.88 Å². The maximum absolute atomic E-state index is 4.62. The van der Waals surface area contributed by atoms with Crippen molar-refractivity contribution in [2.45, 2.75) is 32.2 Å². The number of pyridine rings is 2. The standard InChI is InChI=1S/C19H22N4/c1-15-4-2-5-17(21-15)14-22-11-8-16(9-12-22)18-6-3-7-19-20-10-13-23(18)19/h2-7,10,13,16H,8-9,11-12,14H2,1H3. The number of fused-ring (bicyclic) bond motifs is 1. The van der Waals surface area contributed by atoms with E-state index in [0.717, 1.165) is 31.0 Å². The first kappa shape index (κ1) is 14.4. The summed E-state index contributed by atoms with van der Waals surface area (Å²) in [6.07, 6.45) is 6.36. The van der Waals surface area contributed by atoms with Crippen LogP contribution in [0.1, 0.15) is 35.8 Å². The fraction of sp³-hybridized carbons (Fsp3) is 0.368. The number of hydrogen-bond acceptors (Lipinski definition) is 3. The van der Waals surface area contributed by atoms with Gasteiger partial charge in [-0.05, 0) is 57.1 Å². The average Bonchev–Trinajstić information content (AvgIpc) is 3.04. The normalized spacial score (nSPS) is 16.9. The van der Waals surface area contributed by atoms with Crippen LogP contribution in [0, 0.1) is 6.92 Å². The first-order valence-electron chi connectivity index (χ1n) is 8.36. The van der Waals surface area contributed by atoms with E-state index in [1.807, 2.05) is 6.20 Å². The highest BCUT2D eigenvalue weighted by atomic mass is 15.1. The van der Waals surface area contributed by atoms with Crippen molar-refractivity contribution in [3.05, 3.63) is 65.9 Å². The molecule has 0 N–H and O–H groups in total. The Bertz CT molecular complexity index is 800. The van der Waals surface area contributed by atoms with E-state index < -0.39 is 0 Å². The number of aromatic nitrogens is 3. The van der Waals surface area contributed by atoms with Crippen molar-refractivity contribution in [2.75, 3.05) is 13.1 Å². The molecule has 0 unspecified atom stereocenters. The Morgan fingerprint density at radius 2 is 1.91 bits per heavy atom. The van der Waals surface area contributed by atoms with Gasteiger partial charge in [0.1, 0.15) is 5.65 Å². The number of rotatable bonds is 3. The van der Waals surface area contributed by atoms with Gasteiger partial charge >= 0.3 is 0 Å². The van der Waals surface area contributed by atoms with Gasteiger partial charge in [-0.25, -0.2) is 4.98 Å². The molecular formula is C19H22N4. The molecule has 0 aliphatic carbocycles. The van der Waals surface area contributed by atoms with Crippen LogP contribution in [0.4, 0.5) is 0 Å². The fourth-order valence-electron chi connectivity index (χ4n) is 3.61. The number of likely N-dealkylation sites (tertiary alicyclic amines) is 1. The van der Waals surface area contributed by atoms with Gasteiger partial charge in [0.15, 0.2) is 0 Å². The lowest BCUT2D eigenvalue weighted by Gasteiger charge is -2.32. The molecular weight excluding hydrogens is 284 g/mol. The highest BCUT2D eigenvalue weighted by Crippen LogP contribution is 2.28. The van der Waals surface area contributed by atoms with E-state index in [0.29, 0.717) is 5.92 Å². The molecule has 23 heavy (non-hydrogen) atoms. The van der Waals surface area contributed by atoms with Crippen LogP contribution in [0.2, 0.25) is 0 Å². The second kappa shape index (κ2) is 6.13. The van der Waals surface area contributed by atoms with E-state index in [2.05, 4.69) is 68.8 Å². The summed E-state index contributed by atoms with van der Waals surface area (Å²) in [6, 6.07) is 12.7. The van der Waals surface area contributed by atoms with E-state index in [-0.39, 0.29) is 0 Å². The van der Waals surface area contributed by atoms with Crippen LogP contribution >= 0.6 is 0 Å². The molecule has 0 atom stereocenters. The average molecular weight is 306 g/mol. The summed E-state index contributed by atoms with van der Waals surface area (Å²) in [5.74, 6) is 0.620. The zero-order valence-corrected chi connectivity index (χ0v) is 13.5. The molecule has 1 fully saturated rings. The molecule has 4 heterocycles. The van der Waals surface area contributed by atoms with Crippen molar-refractivity contribution < 1.29 is 0 Å². The lowest BCUT2D eigenvalue weighted by molar-refractivity contribution is 0.200. The molecule has 0 radical (unpaired) electrons. The molecule has 3 aromatic heterocycles. The van der Waals surface area contributed by atoms with Crippen LogP contribution in [-0.4, -0.2) is 32.4 Å². The summed E-state index contributed by atoms with van der Waals surface area (Å²) in [4.78, 5) is 11.5. The van der Waals surface area contributed by atoms with Crippen LogP contribution in [0.3, 0.4) is 0 Å². The predicted octanol–water partition coefficient (Wildman–Crippen LogP) is 3.42. The van der Waals surface area contributed by atoms with E-state index in [1.54, 1.807) is 0 Å². The summed E-state index contributed by atoms with van der Waals surface area (Å²) < 4.78 is 2.24. The number of hydrogen-bond donors (Lipinski definition) is 0. The van der Waals surface area contributed by atoms with Gasteiger partial charge in [0.05, 0.1) is 5.69 Å². The predicted molar refractivity (Wildman–Crippen MR) is 91.4 cm³/mol. The van der Waals surface area contributed by atoms with Gasteiger partial charge < -0.3 is 4.40 Å². The molecule has 1 saturated heterocycles. The molecule has 4 nitrogen and oxygen atoms in total. The first-order chi connectivity index (χ1) is 11.3. The van der Waals surface area contributed by atoms with E-state index >= 15 is 0 Å². The van der Waals surface area contributed by atoms with Crippen LogP contribution in [0.15, 0.2) is 48.8 Å². The number of nitrogens with zero attached hydrogens (tertiary/aromatic N) is 4. The lowest BCUT2D eigenvalue weighted by atomic mass is 9.92. The molecule has 0 saturated carbocycles. The molecule has 3 aromatic rings. The maximum Gasteiger partial charge on any atom is 0.136 e. The second-order valence-corrected chi connectivity index (χ2v) is 6.43. The monoisotopic (exact) mass is 306 g/mol. The van der Waals surface area contributed by atoms with Gasteiger partial charge in [-0.15, -0.1) is 0 Å².